The Morgan fingerprint density at radius 3 is 2.89 bits per heavy atom. The number of ether oxygens (including phenoxy) is 1. The van der Waals surface area contributed by atoms with E-state index >= 15 is 0 Å². The third kappa shape index (κ3) is 3.25. The maximum Gasteiger partial charge on any atom is 0.0591 e. The van der Waals surface area contributed by atoms with Crippen LogP contribution < -0.4 is 5.32 Å². The molecule has 0 bridgehead atoms. The summed E-state index contributed by atoms with van der Waals surface area (Å²) in [6.07, 6.45) is 4.95. The first-order valence-electron chi connectivity index (χ1n) is 6.89. The second-order valence-electron chi connectivity index (χ2n) is 5.49. The van der Waals surface area contributed by atoms with Crippen LogP contribution in [-0.4, -0.2) is 25.8 Å². The molecule has 1 atom stereocenters. The average molecular weight is 266 g/mol. The standard InChI is InChI=1S/C15H20ClNO/c16-14-4-3-12-8-15(9-13(12)7-14)17-5-6-18-10-11-1-2-11/h3-4,7,11,15,17H,1-2,5-6,8-10H2. The van der Waals surface area contributed by atoms with Gasteiger partial charge in [0.1, 0.15) is 0 Å². The molecule has 18 heavy (non-hydrogen) atoms. The van der Waals surface area contributed by atoms with Gasteiger partial charge in [-0.05, 0) is 54.9 Å². The van der Waals surface area contributed by atoms with Gasteiger partial charge in [-0.25, -0.2) is 0 Å². The van der Waals surface area contributed by atoms with E-state index in [1.807, 2.05) is 6.07 Å². The Hall–Kier alpha value is -0.570. The summed E-state index contributed by atoms with van der Waals surface area (Å²) < 4.78 is 5.63. The van der Waals surface area contributed by atoms with Crippen LogP contribution in [-0.2, 0) is 17.6 Å². The van der Waals surface area contributed by atoms with Gasteiger partial charge in [0.2, 0.25) is 0 Å². The molecule has 1 saturated carbocycles. The monoisotopic (exact) mass is 265 g/mol. The normalized spacial score (nSPS) is 22.2. The fraction of sp³-hybridized carbons (Fsp3) is 0.600. The fourth-order valence-electron chi connectivity index (χ4n) is 2.60. The van der Waals surface area contributed by atoms with E-state index in [9.17, 15) is 0 Å². The summed E-state index contributed by atoms with van der Waals surface area (Å²) in [6.45, 7) is 2.76. The highest BCUT2D eigenvalue weighted by Gasteiger charge is 2.22. The minimum Gasteiger partial charge on any atom is -0.380 e. The van der Waals surface area contributed by atoms with E-state index in [0.29, 0.717) is 6.04 Å². The van der Waals surface area contributed by atoms with Gasteiger partial charge in [-0.1, -0.05) is 17.7 Å². The number of rotatable bonds is 6. The summed E-state index contributed by atoms with van der Waals surface area (Å²) in [5.41, 5.74) is 2.84. The van der Waals surface area contributed by atoms with Crippen LogP contribution in [0.15, 0.2) is 18.2 Å². The Bertz CT molecular complexity index is 417. The number of fused-ring (bicyclic) bond motifs is 1. The number of nitrogens with one attached hydrogen (secondary N) is 1. The molecule has 3 rings (SSSR count). The molecule has 1 unspecified atom stereocenters. The minimum atomic E-state index is 0.558. The van der Waals surface area contributed by atoms with Crippen molar-refractivity contribution in [3.63, 3.8) is 0 Å². The molecular formula is C15H20ClNO. The van der Waals surface area contributed by atoms with Crippen LogP contribution in [0.1, 0.15) is 24.0 Å². The van der Waals surface area contributed by atoms with Crippen molar-refractivity contribution in [1.29, 1.82) is 0 Å². The van der Waals surface area contributed by atoms with Crippen molar-refractivity contribution in [3.05, 3.63) is 34.3 Å². The first kappa shape index (κ1) is 12.5. The van der Waals surface area contributed by atoms with Gasteiger partial charge in [-0.15, -0.1) is 0 Å². The molecule has 3 heteroatoms. The van der Waals surface area contributed by atoms with Crippen molar-refractivity contribution in [2.45, 2.75) is 31.7 Å². The SMILES string of the molecule is Clc1ccc2c(c1)CC(NCCOCC1CC1)C2. The van der Waals surface area contributed by atoms with Crippen LogP contribution in [0.4, 0.5) is 0 Å². The molecule has 1 N–H and O–H groups in total. The van der Waals surface area contributed by atoms with Crippen LogP contribution in [0.2, 0.25) is 5.02 Å². The molecule has 98 valence electrons. The van der Waals surface area contributed by atoms with E-state index in [-0.39, 0.29) is 0 Å². The number of hydrogen-bond acceptors (Lipinski definition) is 2. The van der Waals surface area contributed by atoms with E-state index in [2.05, 4.69) is 17.4 Å². The lowest BCUT2D eigenvalue weighted by atomic mass is 10.1. The van der Waals surface area contributed by atoms with E-state index in [1.165, 1.54) is 24.0 Å². The van der Waals surface area contributed by atoms with Crippen molar-refractivity contribution in [2.75, 3.05) is 19.8 Å². The van der Waals surface area contributed by atoms with E-state index < -0.39 is 0 Å². The quantitative estimate of drug-likeness (QED) is 0.799. The van der Waals surface area contributed by atoms with Crippen LogP contribution in [0, 0.1) is 5.92 Å². The number of halogens is 1. The number of hydrogen-bond donors (Lipinski definition) is 1. The molecule has 0 radical (unpaired) electrons. The van der Waals surface area contributed by atoms with Crippen molar-refractivity contribution in [2.24, 2.45) is 5.92 Å². The first-order chi connectivity index (χ1) is 8.81. The fourth-order valence-corrected chi connectivity index (χ4v) is 2.80. The zero-order valence-corrected chi connectivity index (χ0v) is 11.4. The van der Waals surface area contributed by atoms with Crippen molar-refractivity contribution in [1.82, 2.24) is 5.32 Å². The predicted octanol–water partition coefficient (Wildman–Crippen LogP) is 2.82. The topological polar surface area (TPSA) is 21.3 Å². The summed E-state index contributed by atoms with van der Waals surface area (Å²) in [7, 11) is 0. The highest BCUT2D eigenvalue weighted by Crippen LogP contribution is 2.28. The van der Waals surface area contributed by atoms with Crippen molar-refractivity contribution < 1.29 is 4.74 Å². The van der Waals surface area contributed by atoms with Gasteiger partial charge in [0.25, 0.3) is 0 Å². The van der Waals surface area contributed by atoms with Gasteiger partial charge >= 0.3 is 0 Å². The lowest BCUT2D eigenvalue weighted by Crippen LogP contribution is -2.32. The molecule has 2 nitrogen and oxygen atoms in total. The zero-order valence-electron chi connectivity index (χ0n) is 10.6. The summed E-state index contributed by atoms with van der Waals surface area (Å²) in [4.78, 5) is 0. The van der Waals surface area contributed by atoms with Crippen LogP contribution in [0.25, 0.3) is 0 Å². The van der Waals surface area contributed by atoms with E-state index in [0.717, 1.165) is 43.5 Å². The molecule has 0 amide bonds. The van der Waals surface area contributed by atoms with Crippen LogP contribution in [0.3, 0.4) is 0 Å². The van der Waals surface area contributed by atoms with E-state index in [1.54, 1.807) is 0 Å². The zero-order chi connectivity index (χ0) is 12.4. The first-order valence-corrected chi connectivity index (χ1v) is 7.27. The van der Waals surface area contributed by atoms with Crippen molar-refractivity contribution in [3.8, 4) is 0 Å². The maximum absolute atomic E-state index is 6.01. The Kier molecular flexibility index (Phi) is 3.88. The van der Waals surface area contributed by atoms with Crippen LogP contribution in [0.5, 0.6) is 0 Å². The number of benzene rings is 1. The molecule has 1 fully saturated rings. The molecule has 2 aliphatic carbocycles. The average Bonchev–Trinajstić information content (AvgIpc) is 3.08. The second kappa shape index (κ2) is 5.60. The molecule has 0 aromatic heterocycles. The van der Waals surface area contributed by atoms with E-state index in [4.69, 9.17) is 16.3 Å². The predicted molar refractivity (Wildman–Crippen MR) is 74.2 cm³/mol. The second-order valence-corrected chi connectivity index (χ2v) is 5.93. The van der Waals surface area contributed by atoms with Gasteiger partial charge in [0.15, 0.2) is 0 Å². The summed E-state index contributed by atoms with van der Waals surface area (Å²) in [5.74, 6) is 0.864. The van der Waals surface area contributed by atoms with Gasteiger partial charge in [0, 0.05) is 24.2 Å². The molecule has 1 aromatic rings. The van der Waals surface area contributed by atoms with Crippen LogP contribution >= 0.6 is 11.6 Å². The van der Waals surface area contributed by atoms with Gasteiger partial charge < -0.3 is 10.1 Å². The Morgan fingerprint density at radius 2 is 2.06 bits per heavy atom. The largest absolute Gasteiger partial charge is 0.380 e. The van der Waals surface area contributed by atoms with Gasteiger partial charge in [-0.3, -0.25) is 0 Å². The maximum atomic E-state index is 6.01. The smallest absolute Gasteiger partial charge is 0.0591 e. The Labute approximate surface area is 114 Å². The van der Waals surface area contributed by atoms with Gasteiger partial charge in [0.05, 0.1) is 6.61 Å². The highest BCUT2D eigenvalue weighted by molar-refractivity contribution is 6.30. The molecule has 0 spiro atoms. The molecule has 2 aliphatic rings. The third-order valence-electron chi connectivity index (χ3n) is 3.83. The summed E-state index contributed by atoms with van der Waals surface area (Å²) in [5, 5.41) is 4.42. The Morgan fingerprint density at radius 1 is 1.22 bits per heavy atom. The molecule has 0 saturated heterocycles. The molecule has 1 aromatic carbocycles. The molecule has 0 heterocycles. The Balaban J connectivity index is 1.37. The lowest BCUT2D eigenvalue weighted by molar-refractivity contribution is 0.124. The lowest BCUT2D eigenvalue weighted by Gasteiger charge is -2.11. The summed E-state index contributed by atoms with van der Waals surface area (Å²) >= 11 is 6.01. The van der Waals surface area contributed by atoms with Gasteiger partial charge in [-0.2, -0.15) is 0 Å². The highest BCUT2D eigenvalue weighted by atomic mass is 35.5. The summed E-state index contributed by atoms with van der Waals surface area (Å²) in [6, 6.07) is 6.80. The minimum absolute atomic E-state index is 0.558. The molecular weight excluding hydrogens is 246 g/mol. The van der Waals surface area contributed by atoms with Crippen molar-refractivity contribution >= 4 is 11.6 Å². The molecule has 0 aliphatic heterocycles. The third-order valence-corrected chi connectivity index (χ3v) is 4.07.